The summed E-state index contributed by atoms with van der Waals surface area (Å²) in [7, 11) is 2.09. The molecule has 184 valence electrons. The first-order valence-corrected chi connectivity index (χ1v) is 12.9. The summed E-state index contributed by atoms with van der Waals surface area (Å²) in [6.07, 6.45) is 3.55. The topological polar surface area (TPSA) is 48.8 Å². The van der Waals surface area contributed by atoms with Gasteiger partial charge >= 0.3 is 6.03 Å². The number of amides is 3. The van der Waals surface area contributed by atoms with Crippen LogP contribution in [0.3, 0.4) is 0 Å². The summed E-state index contributed by atoms with van der Waals surface area (Å²) in [4.78, 5) is 33.1. The third kappa shape index (κ3) is 3.51. The minimum Gasteiger partial charge on any atom is -0.350 e. The number of likely N-dealkylation sites (tertiary alicyclic amines) is 1. The lowest BCUT2D eigenvalue weighted by atomic mass is 9.85. The number of carbonyl (C=O) groups is 2. The van der Waals surface area contributed by atoms with Gasteiger partial charge < -0.3 is 9.47 Å². The van der Waals surface area contributed by atoms with Crippen molar-refractivity contribution in [3.63, 3.8) is 0 Å². The molecule has 6 rings (SSSR count). The Labute approximate surface area is 211 Å². The molecule has 2 saturated heterocycles. The predicted octanol–water partition coefficient (Wildman–Crippen LogP) is 5.15. The van der Waals surface area contributed by atoms with Crippen LogP contribution in [0.2, 0.25) is 0 Å². The highest BCUT2D eigenvalue weighted by Crippen LogP contribution is 2.39. The van der Waals surface area contributed by atoms with Crippen LogP contribution < -0.4 is 0 Å². The molecule has 3 amide bonds. The van der Waals surface area contributed by atoms with Crippen LogP contribution >= 0.6 is 0 Å². The van der Waals surface area contributed by atoms with E-state index in [0.717, 1.165) is 36.0 Å². The number of likely N-dealkylation sites (N-methyl/N-ethyl adjacent to an activating group) is 1. The van der Waals surface area contributed by atoms with Crippen LogP contribution in [-0.2, 0) is 24.9 Å². The second kappa shape index (κ2) is 8.79. The maximum atomic E-state index is 13.9. The van der Waals surface area contributed by atoms with Gasteiger partial charge in [0.2, 0.25) is 0 Å². The minimum atomic E-state index is -0.730. The monoisotopic (exact) mass is 480 g/mol. The number of benzene rings is 3. The van der Waals surface area contributed by atoms with Crippen molar-refractivity contribution in [2.75, 3.05) is 19.6 Å². The highest BCUT2D eigenvalue weighted by molar-refractivity contribution is 6.07. The number of imide groups is 1. The molecule has 4 aromatic rings. The smallest absolute Gasteiger partial charge is 0.327 e. The van der Waals surface area contributed by atoms with E-state index in [1.54, 1.807) is 0 Å². The number of fused-ring (bicyclic) bond motifs is 2. The summed E-state index contributed by atoms with van der Waals surface area (Å²) < 4.78 is 2.18. The Morgan fingerprint density at radius 3 is 2.28 bits per heavy atom. The third-order valence-corrected chi connectivity index (χ3v) is 8.20. The van der Waals surface area contributed by atoms with Gasteiger partial charge in [0.25, 0.3) is 5.91 Å². The molecule has 0 unspecified atom stereocenters. The van der Waals surface area contributed by atoms with Crippen molar-refractivity contribution in [3.05, 3.63) is 84.1 Å². The number of hydrogen-bond donors (Lipinski definition) is 0. The van der Waals surface area contributed by atoms with Crippen LogP contribution in [0.15, 0.2) is 72.9 Å². The molecule has 6 nitrogen and oxygen atoms in total. The first kappa shape index (κ1) is 22.8. The van der Waals surface area contributed by atoms with Crippen LogP contribution in [0.5, 0.6) is 0 Å². The van der Waals surface area contributed by atoms with Crippen molar-refractivity contribution < 1.29 is 9.59 Å². The number of urea groups is 1. The van der Waals surface area contributed by atoms with Crippen LogP contribution in [-0.4, -0.2) is 56.4 Å². The SMILES string of the molecule is CCN1C(=O)N(Cc2cccc3ccccc23)C(=O)C12CCN(Cc1cn(C)c3ccccc13)CC2. The summed E-state index contributed by atoms with van der Waals surface area (Å²) >= 11 is 0. The van der Waals surface area contributed by atoms with Crippen molar-refractivity contribution in [2.45, 2.75) is 38.4 Å². The zero-order valence-electron chi connectivity index (χ0n) is 21.0. The molecule has 0 radical (unpaired) electrons. The molecule has 2 aliphatic rings. The van der Waals surface area contributed by atoms with Gasteiger partial charge in [-0.2, -0.15) is 0 Å². The van der Waals surface area contributed by atoms with Crippen molar-refractivity contribution >= 4 is 33.6 Å². The molecule has 0 aliphatic carbocycles. The normalized spacial score (nSPS) is 18.3. The fourth-order valence-electron chi connectivity index (χ4n) is 6.32. The largest absolute Gasteiger partial charge is 0.350 e. The molecule has 36 heavy (non-hydrogen) atoms. The maximum absolute atomic E-state index is 13.9. The number of rotatable bonds is 5. The van der Waals surface area contributed by atoms with Crippen LogP contribution in [0.4, 0.5) is 4.79 Å². The van der Waals surface area contributed by atoms with Gasteiger partial charge in [0.05, 0.1) is 6.54 Å². The van der Waals surface area contributed by atoms with Gasteiger partial charge in [0.1, 0.15) is 5.54 Å². The average Bonchev–Trinajstić information content (AvgIpc) is 3.32. The minimum absolute atomic E-state index is 0.0351. The molecule has 2 fully saturated rings. The quantitative estimate of drug-likeness (QED) is 0.371. The van der Waals surface area contributed by atoms with Gasteiger partial charge in [-0.15, -0.1) is 0 Å². The Morgan fingerprint density at radius 2 is 1.50 bits per heavy atom. The molecule has 1 aromatic heterocycles. The van der Waals surface area contributed by atoms with E-state index in [2.05, 4.69) is 65.2 Å². The number of piperidine rings is 1. The Morgan fingerprint density at radius 1 is 0.806 bits per heavy atom. The summed E-state index contributed by atoms with van der Waals surface area (Å²) in [6.45, 7) is 5.28. The molecule has 3 heterocycles. The summed E-state index contributed by atoms with van der Waals surface area (Å²) in [5.41, 5.74) is 2.82. The zero-order chi connectivity index (χ0) is 24.9. The van der Waals surface area contributed by atoms with Crippen LogP contribution in [0.25, 0.3) is 21.7 Å². The molecular weight excluding hydrogens is 448 g/mol. The highest BCUT2D eigenvalue weighted by Gasteiger charge is 2.57. The number of carbonyl (C=O) groups excluding carboxylic acids is 2. The van der Waals surface area contributed by atoms with E-state index < -0.39 is 5.54 Å². The van der Waals surface area contributed by atoms with Gasteiger partial charge in [-0.25, -0.2) is 4.79 Å². The lowest BCUT2D eigenvalue weighted by Crippen LogP contribution is -2.56. The fraction of sp³-hybridized carbons (Fsp3) is 0.333. The highest BCUT2D eigenvalue weighted by atomic mass is 16.2. The first-order valence-electron chi connectivity index (χ1n) is 12.9. The summed E-state index contributed by atoms with van der Waals surface area (Å²) in [5.74, 6) is -0.0351. The number of hydrogen-bond acceptors (Lipinski definition) is 3. The van der Waals surface area contributed by atoms with Crippen molar-refractivity contribution in [1.82, 2.24) is 19.3 Å². The molecule has 1 spiro atoms. The summed E-state index contributed by atoms with van der Waals surface area (Å²) in [6, 6.07) is 22.6. The lowest BCUT2D eigenvalue weighted by molar-refractivity contribution is -0.136. The van der Waals surface area contributed by atoms with E-state index in [-0.39, 0.29) is 11.9 Å². The Kier molecular flexibility index (Phi) is 5.56. The zero-order valence-corrected chi connectivity index (χ0v) is 21.0. The first-order chi connectivity index (χ1) is 17.5. The lowest BCUT2D eigenvalue weighted by Gasteiger charge is -2.41. The van der Waals surface area contributed by atoms with Gasteiger partial charge in [-0.3, -0.25) is 14.6 Å². The van der Waals surface area contributed by atoms with Crippen molar-refractivity contribution in [2.24, 2.45) is 7.05 Å². The number of aromatic nitrogens is 1. The fourth-order valence-corrected chi connectivity index (χ4v) is 6.32. The Hall–Kier alpha value is -3.64. The van der Waals surface area contributed by atoms with Crippen LogP contribution in [0.1, 0.15) is 30.9 Å². The van der Waals surface area contributed by atoms with Gasteiger partial charge in [-0.05, 0) is 47.7 Å². The third-order valence-electron chi connectivity index (χ3n) is 8.20. The molecule has 0 bridgehead atoms. The van der Waals surface area contributed by atoms with E-state index in [9.17, 15) is 9.59 Å². The molecular formula is C30H32N4O2. The predicted molar refractivity (Wildman–Crippen MR) is 142 cm³/mol. The van der Waals surface area contributed by atoms with E-state index in [1.807, 2.05) is 36.1 Å². The van der Waals surface area contributed by atoms with E-state index >= 15 is 0 Å². The molecule has 3 aromatic carbocycles. The number of aryl methyl sites for hydroxylation is 1. The Bertz CT molecular complexity index is 1460. The van der Waals surface area contributed by atoms with Crippen molar-refractivity contribution in [1.29, 1.82) is 0 Å². The molecule has 6 heteroatoms. The average molecular weight is 481 g/mol. The van der Waals surface area contributed by atoms with Gasteiger partial charge in [0, 0.05) is 50.3 Å². The molecule has 2 aliphatic heterocycles. The van der Waals surface area contributed by atoms with Gasteiger partial charge in [0.15, 0.2) is 0 Å². The molecule has 0 atom stereocenters. The van der Waals surface area contributed by atoms with Gasteiger partial charge in [-0.1, -0.05) is 60.7 Å². The maximum Gasteiger partial charge on any atom is 0.327 e. The van der Waals surface area contributed by atoms with Crippen LogP contribution in [0, 0.1) is 0 Å². The van der Waals surface area contributed by atoms with E-state index in [0.29, 0.717) is 25.9 Å². The van der Waals surface area contributed by atoms with E-state index in [4.69, 9.17) is 0 Å². The number of nitrogens with zero attached hydrogens (tertiary/aromatic N) is 4. The molecule has 0 saturated carbocycles. The van der Waals surface area contributed by atoms with Crippen molar-refractivity contribution in [3.8, 4) is 0 Å². The second-order valence-electron chi connectivity index (χ2n) is 10.1. The van der Waals surface area contributed by atoms with E-state index in [1.165, 1.54) is 21.4 Å². The number of para-hydroxylation sites is 1. The second-order valence-corrected chi connectivity index (χ2v) is 10.1. The summed E-state index contributed by atoms with van der Waals surface area (Å²) in [5, 5.41) is 3.50. The Balaban J connectivity index is 1.22. The standard InChI is InChI=1S/C30H32N4O2/c1-3-34-29(36)33(21-23-11-8-10-22-9-4-5-12-25(22)23)28(35)30(34)15-17-32(18-16-30)20-24-19-31(2)27-14-7-6-13-26(24)27/h4-14,19H,3,15-18,20-21H2,1-2H3. The molecule has 0 N–H and O–H groups in total.